The zero-order chi connectivity index (χ0) is 22.9. The molecule has 0 saturated carbocycles. The van der Waals surface area contributed by atoms with Crippen LogP contribution in [-0.4, -0.2) is 37.2 Å². The lowest BCUT2D eigenvalue weighted by molar-refractivity contribution is -0.159. The van der Waals surface area contributed by atoms with Gasteiger partial charge in [0.05, 0.1) is 6.54 Å². The van der Waals surface area contributed by atoms with Crippen molar-refractivity contribution in [2.45, 2.75) is 33.1 Å². The summed E-state index contributed by atoms with van der Waals surface area (Å²) in [5.41, 5.74) is 5.94. The van der Waals surface area contributed by atoms with Crippen molar-refractivity contribution in [2.24, 2.45) is 17.6 Å². The Morgan fingerprint density at radius 1 is 1.07 bits per heavy atom. The molecule has 0 fully saturated rings. The van der Waals surface area contributed by atoms with Gasteiger partial charge in [-0.3, -0.25) is 14.4 Å². The Balaban J connectivity index is 0.000000340. The van der Waals surface area contributed by atoms with Gasteiger partial charge >= 0.3 is 5.92 Å². The molecule has 0 radical (unpaired) electrons. The number of halogens is 2. The van der Waals surface area contributed by atoms with Crippen LogP contribution in [0.2, 0.25) is 0 Å². The summed E-state index contributed by atoms with van der Waals surface area (Å²) < 4.78 is 27.2. The van der Waals surface area contributed by atoms with Gasteiger partial charge in [0, 0.05) is 7.05 Å². The number of hydrogen-bond donors (Lipinski definition) is 3. The van der Waals surface area contributed by atoms with Crippen molar-refractivity contribution in [3.63, 3.8) is 0 Å². The van der Waals surface area contributed by atoms with Crippen LogP contribution in [0.25, 0.3) is 10.8 Å². The number of benzene rings is 2. The van der Waals surface area contributed by atoms with Gasteiger partial charge in [-0.2, -0.15) is 8.78 Å². The van der Waals surface area contributed by atoms with Crippen molar-refractivity contribution < 1.29 is 23.2 Å². The minimum Gasteiger partial charge on any atom is -0.364 e. The van der Waals surface area contributed by atoms with Crippen molar-refractivity contribution in [2.75, 3.05) is 13.6 Å². The van der Waals surface area contributed by atoms with E-state index in [0.717, 1.165) is 0 Å². The van der Waals surface area contributed by atoms with Crippen LogP contribution >= 0.6 is 0 Å². The molecule has 4 N–H and O–H groups in total. The monoisotopic (exact) mass is 421 g/mol. The zero-order valence-corrected chi connectivity index (χ0v) is 17.7. The molecule has 0 aliphatic heterocycles. The third kappa shape index (κ3) is 7.42. The second-order valence-corrected chi connectivity index (χ2v) is 7.41. The Labute approximate surface area is 175 Å². The number of carbonyl (C=O) groups is 3. The maximum atomic E-state index is 13.6. The first-order valence-electron chi connectivity index (χ1n) is 9.60. The van der Waals surface area contributed by atoms with E-state index in [-0.39, 0.29) is 12.3 Å². The van der Waals surface area contributed by atoms with Crippen LogP contribution in [0.15, 0.2) is 42.5 Å². The number of likely N-dealkylation sites (N-methyl/N-ethyl adjacent to an activating group) is 1. The number of alkyl halides is 2. The molecule has 0 bridgehead atoms. The average Bonchev–Trinajstić information content (AvgIpc) is 2.69. The van der Waals surface area contributed by atoms with Gasteiger partial charge < -0.3 is 16.4 Å². The molecule has 2 rings (SSSR count). The molecular weight excluding hydrogens is 392 g/mol. The first-order valence-corrected chi connectivity index (χ1v) is 9.60. The first-order chi connectivity index (χ1) is 14.0. The van der Waals surface area contributed by atoms with Crippen LogP contribution in [0.1, 0.15) is 25.8 Å². The van der Waals surface area contributed by atoms with E-state index in [1.165, 1.54) is 23.4 Å². The molecule has 30 heavy (non-hydrogen) atoms. The summed E-state index contributed by atoms with van der Waals surface area (Å²) >= 11 is 0. The number of hydrogen-bond acceptors (Lipinski definition) is 3. The quantitative estimate of drug-likeness (QED) is 0.641. The summed E-state index contributed by atoms with van der Waals surface area (Å²) in [5, 5.41) is 6.93. The Kier molecular flexibility index (Phi) is 9.36. The van der Waals surface area contributed by atoms with Gasteiger partial charge in [0.25, 0.3) is 5.91 Å². The lowest BCUT2D eigenvalue weighted by Gasteiger charge is -2.24. The topological polar surface area (TPSA) is 101 Å². The number of carbonyl (C=O) groups excluding carboxylic acids is 3. The molecular formula is C22H29F2N3O3. The predicted molar refractivity (Wildman–Crippen MR) is 113 cm³/mol. The highest BCUT2D eigenvalue weighted by Crippen LogP contribution is 2.30. The van der Waals surface area contributed by atoms with Crippen LogP contribution in [0, 0.1) is 18.8 Å². The molecule has 0 unspecified atom stereocenters. The van der Waals surface area contributed by atoms with Gasteiger partial charge in [0.2, 0.25) is 11.8 Å². The van der Waals surface area contributed by atoms with Crippen LogP contribution in [-0.2, 0) is 14.4 Å². The summed E-state index contributed by atoms with van der Waals surface area (Å²) in [7, 11) is 1.35. The number of aryl methyl sites for hydroxylation is 1. The standard InChI is InChI=1S/C11H19F2N3O3.C11H10/c1-6(2)4-7(11(12,13)10(14)19)9(18)16-5-8(17)15-3;1-9-6-7-10-4-2-3-5-11(10)8-9/h6-7H,4-5H2,1-3H3,(H2,14,19)(H,15,17)(H,16,18);2-8H,1H3/t7-;/m0./s1. The fourth-order valence-electron chi connectivity index (χ4n) is 2.75. The molecule has 1 atom stereocenters. The molecule has 0 aliphatic carbocycles. The fraction of sp³-hybridized carbons (Fsp3) is 0.409. The van der Waals surface area contributed by atoms with Crippen LogP contribution in [0.4, 0.5) is 8.78 Å². The van der Waals surface area contributed by atoms with Gasteiger partial charge in [0.15, 0.2) is 0 Å². The molecule has 2 aromatic carbocycles. The summed E-state index contributed by atoms with van der Waals surface area (Å²) in [5.74, 6) is -9.51. The van der Waals surface area contributed by atoms with Gasteiger partial charge in [-0.15, -0.1) is 0 Å². The molecule has 8 heteroatoms. The average molecular weight is 421 g/mol. The number of nitrogens with two attached hydrogens (primary N) is 1. The van der Waals surface area contributed by atoms with Crippen LogP contribution in [0.3, 0.4) is 0 Å². The number of nitrogens with one attached hydrogen (secondary N) is 2. The zero-order valence-electron chi connectivity index (χ0n) is 17.7. The molecule has 0 spiro atoms. The molecule has 0 saturated heterocycles. The van der Waals surface area contributed by atoms with Crippen molar-refractivity contribution in [1.29, 1.82) is 0 Å². The molecule has 0 heterocycles. The lowest BCUT2D eigenvalue weighted by atomic mass is 9.90. The van der Waals surface area contributed by atoms with E-state index >= 15 is 0 Å². The molecule has 2 aromatic rings. The highest BCUT2D eigenvalue weighted by atomic mass is 19.3. The number of amides is 3. The highest BCUT2D eigenvalue weighted by molar-refractivity contribution is 5.92. The summed E-state index contributed by atoms with van der Waals surface area (Å²) in [6, 6.07) is 14.9. The van der Waals surface area contributed by atoms with Crippen LogP contribution in [0.5, 0.6) is 0 Å². The van der Waals surface area contributed by atoms with Gasteiger partial charge in [0.1, 0.15) is 5.92 Å². The Morgan fingerprint density at radius 3 is 2.20 bits per heavy atom. The molecule has 6 nitrogen and oxygen atoms in total. The van der Waals surface area contributed by atoms with Gasteiger partial charge in [-0.25, -0.2) is 0 Å². The van der Waals surface area contributed by atoms with Gasteiger partial charge in [-0.1, -0.05) is 61.9 Å². The molecule has 0 aliphatic rings. The second-order valence-electron chi connectivity index (χ2n) is 7.41. The lowest BCUT2D eigenvalue weighted by Crippen LogP contribution is -2.50. The van der Waals surface area contributed by atoms with E-state index in [1.54, 1.807) is 13.8 Å². The van der Waals surface area contributed by atoms with Gasteiger partial charge in [-0.05, 0) is 30.0 Å². The van der Waals surface area contributed by atoms with Crippen molar-refractivity contribution in [3.8, 4) is 0 Å². The maximum absolute atomic E-state index is 13.6. The molecule has 164 valence electrons. The second kappa shape index (κ2) is 11.2. The van der Waals surface area contributed by atoms with E-state index in [4.69, 9.17) is 0 Å². The normalized spacial score (nSPS) is 12.0. The van der Waals surface area contributed by atoms with E-state index in [2.05, 4.69) is 65.8 Å². The van der Waals surface area contributed by atoms with Crippen LogP contribution < -0.4 is 16.4 Å². The largest absolute Gasteiger partial charge is 0.364 e. The van der Waals surface area contributed by atoms with Crippen molar-refractivity contribution >= 4 is 28.5 Å². The Bertz CT molecular complexity index is 885. The predicted octanol–water partition coefficient (Wildman–Crippen LogP) is 2.78. The van der Waals surface area contributed by atoms with E-state index in [0.29, 0.717) is 0 Å². The summed E-state index contributed by atoms with van der Waals surface area (Å²) in [4.78, 5) is 33.4. The van der Waals surface area contributed by atoms with E-state index in [9.17, 15) is 23.2 Å². The first kappa shape index (κ1) is 25.0. The van der Waals surface area contributed by atoms with E-state index < -0.39 is 36.1 Å². The number of primary amides is 1. The molecule has 0 aromatic heterocycles. The Hall–Kier alpha value is -3.03. The minimum atomic E-state index is -3.95. The number of rotatable bonds is 7. The smallest absolute Gasteiger partial charge is 0.335 e. The Morgan fingerprint density at radius 2 is 1.67 bits per heavy atom. The number of fused-ring (bicyclic) bond motifs is 1. The summed E-state index contributed by atoms with van der Waals surface area (Å²) in [6.45, 7) is 4.96. The minimum absolute atomic E-state index is 0.213. The van der Waals surface area contributed by atoms with E-state index in [1.807, 2.05) is 0 Å². The third-order valence-corrected chi connectivity index (χ3v) is 4.40. The van der Waals surface area contributed by atoms with Crippen molar-refractivity contribution in [1.82, 2.24) is 10.6 Å². The SMILES string of the molecule is CNC(=O)CNC(=O)[C@H](CC(C)C)C(F)(F)C(N)=O.Cc1ccc2ccccc2c1. The fourth-order valence-corrected chi connectivity index (χ4v) is 2.75. The van der Waals surface area contributed by atoms with Crippen molar-refractivity contribution in [3.05, 3.63) is 48.0 Å². The highest BCUT2D eigenvalue weighted by Gasteiger charge is 2.49. The maximum Gasteiger partial charge on any atom is 0.335 e. The molecule has 3 amide bonds. The third-order valence-electron chi connectivity index (χ3n) is 4.40. The summed E-state index contributed by atoms with van der Waals surface area (Å²) in [6.07, 6.45) is -0.213.